The summed E-state index contributed by atoms with van der Waals surface area (Å²) in [7, 11) is -9.59. The lowest BCUT2D eigenvalue weighted by atomic mass is 10.0. The number of fused-ring (bicyclic) bond motifs is 1. The SMILES string of the molecule is O=S(=O)(O)Cc1cc(C(F)(F)F)c(Oc2ccc3[nH]cc(S(=O)(=O)c4ccc(C(F)(F)F)cc4)c3c2)c(C(F)(F)F)c1. The van der Waals surface area contributed by atoms with Gasteiger partial charge in [0.15, 0.2) is 5.75 Å². The van der Waals surface area contributed by atoms with Crippen molar-refractivity contribution in [2.45, 2.75) is 34.1 Å². The zero-order valence-electron chi connectivity index (χ0n) is 20.2. The second kappa shape index (κ2) is 10.2. The van der Waals surface area contributed by atoms with Crippen molar-refractivity contribution in [3.8, 4) is 11.5 Å². The maximum atomic E-state index is 13.8. The van der Waals surface area contributed by atoms with E-state index in [2.05, 4.69) is 4.98 Å². The van der Waals surface area contributed by atoms with Crippen molar-refractivity contribution >= 4 is 30.9 Å². The van der Waals surface area contributed by atoms with Gasteiger partial charge in [-0.1, -0.05) is 0 Å². The van der Waals surface area contributed by atoms with E-state index in [1.807, 2.05) is 0 Å². The van der Waals surface area contributed by atoms with Crippen LogP contribution < -0.4 is 4.74 Å². The number of aromatic amines is 1. The van der Waals surface area contributed by atoms with E-state index in [9.17, 15) is 56.3 Å². The van der Waals surface area contributed by atoms with Crippen LogP contribution in [0.1, 0.15) is 22.3 Å². The Morgan fingerprint density at radius 1 is 0.738 bits per heavy atom. The highest BCUT2D eigenvalue weighted by atomic mass is 32.2. The predicted octanol–water partition coefficient (Wildman–Crippen LogP) is 7.24. The molecule has 0 aliphatic carbocycles. The minimum absolute atomic E-state index is 0.0310. The Morgan fingerprint density at radius 2 is 1.29 bits per heavy atom. The van der Waals surface area contributed by atoms with Crippen molar-refractivity contribution in [2.24, 2.45) is 0 Å². The number of aromatic nitrogens is 1. The molecule has 226 valence electrons. The molecule has 0 saturated heterocycles. The lowest BCUT2D eigenvalue weighted by molar-refractivity contribution is -0.145. The van der Waals surface area contributed by atoms with E-state index in [-0.39, 0.29) is 23.0 Å². The van der Waals surface area contributed by atoms with E-state index in [1.165, 1.54) is 0 Å². The van der Waals surface area contributed by atoms with Crippen LogP contribution in [0.3, 0.4) is 0 Å². The van der Waals surface area contributed by atoms with Crippen molar-refractivity contribution in [1.29, 1.82) is 0 Å². The Morgan fingerprint density at radius 3 is 1.76 bits per heavy atom. The lowest BCUT2D eigenvalue weighted by Gasteiger charge is -2.20. The molecule has 4 aromatic rings. The van der Waals surface area contributed by atoms with Gasteiger partial charge in [0.2, 0.25) is 9.84 Å². The summed E-state index contributed by atoms with van der Waals surface area (Å²) in [6.45, 7) is 0. The molecule has 0 amide bonds. The number of halogens is 9. The molecule has 0 bridgehead atoms. The van der Waals surface area contributed by atoms with Crippen molar-refractivity contribution in [1.82, 2.24) is 4.98 Å². The maximum absolute atomic E-state index is 13.8. The molecule has 0 fully saturated rings. The van der Waals surface area contributed by atoms with Crippen LogP contribution in [0.25, 0.3) is 10.9 Å². The summed E-state index contributed by atoms with van der Waals surface area (Å²) < 4.78 is 184. The second-order valence-electron chi connectivity index (χ2n) is 8.73. The Hall–Kier alpha value is -3.77. The first-order chi connectivity index (χ1) is 19.1. The average molecular weight is 647 g/mol. The number of H-pyrrole nitrogens is 1. The first-order valence-electron chi connectivity index (χ1n) is 11.1. The predicted molar refractivity (Wildman–Crippen MR) is 127 cm³/mol. The maximum Gasteiger partial charge on any atom is 0.420 e. The average Bonchev–Trinajstić information content (AvgIpc) is 3.26. The third-order valence-electron chi connectivity index (χ3n) is 5.73. The third kappa shape index (κ3) is 6.49. The van der Waals surface area contributed by atoms with Gasteiger partial charge >= 0.3 is 18.5 Å². The Labute approximate surface area is 230 Å². The third-order valence-corrected chi connectivity index (χ3v) is 8.23. The van der Waals surface area contributed by atoms with Gasteiger partial charge in [0, 0.05) is 17.1 Å². The molecule has 42 heavy (non-hydrogen) atoms. The summed E-state index contributed by atoms with van der Waals surface area (Å²) in [5.74, 6) is -4.06. The van der Waals surface area contributed by atoms with Crippen LogP contribution in [-0.4, -0.2) is 26.4 Å². The number of hydrogen-bond acceptors (Lipinski definition) is 5. The second-order valence-corrected chi connectivity index (χ2v) is 12.1. The highest BCUT2D eigenvalue weighted by Gasteiger charge is 2.43. The number of hydrogen-bond donors (Lipinski definition) is 2. The van der Waals surface area contributed by atoms with Gasteiger partial charge in [0.1, 0.15) is 11.5 Å². The molecule has 7 nitrogen and oxygen atoms in total. The van der Waals surface area contributed by atoms with Gasteiger partial charge in [-0.25, -0.2) is 8.42 Å². The molecule has 3 aromatic carbocycles. The highest BCUT2D eigenvalue weighted by molar-refractivity contribution is 7.91. The molecule has 0 atom stereocenters. The van der Waals surface area contributed by atoms with Crippen molar-refractivity contribution in [3.63, 3.8) is 0 Å². The number of rotatable bonds is 6. The summed E-state index contributed by atoms with van der Waals surface area (Å²) in [6, 6.07) is 5.27. The fraction of sp³-hybridized carbons (Fsp3) is 0.167. The van der Waals surface area contributed by atoms with E-state index in [1.54, 1.807) is 0 Å². The number of nitrogens with one attached hydrogen (secondary N) is 1. The Bertz CT molecular complexity index is 1840. The normalized spacial score (nSPS) is 13.5. The Kier molecular flexibility index (Phi) is 7.57. The number of ether oxygens (including phenoxy) is 1. The van der Waals surface area contributed by atoms with Crippen LogP contribution in [0.5, 0.6) is 11.5 Å². The van der Waals surface area contributed by atoms with Crippen LogP contribution >= 0.6 is 0 Å². The summed E-state index contributed by atoms with van der Waals surface area (Å²) in [6.07, 6.45) is -14.9. The molecule has 1 aromatic heterocycles. The molecule has 1 heterocycles. The standard InChI is InChI=1S/C24H14F9NO6S2/c25-22(26,27)13-1-4-15(5-2-13)42(38,39)20-10-34-19-6-3-14(9-16(19)20)40-21-17(23(28,29)30)7-12(11-41(35,36)37)8-18(21)24(31,32)33/h1-10,34H,11H2,(H,35,36,37). The molecule has 0 spiro atoms. The minimum atomic E-state index is -5.51. The van der Waals surface area contributed by atoms with Crippen LogP contribution in [0.2, 0.25) is 0 Å². The van der Waals surface area contributed by atoms with Crippen molar-refractivity contribution < 1.29 is 65.6 Å². The lowest BCUT2D eigenvalue weighted by Crippen LogP contribution is -2.16. The largest absolute Gasteiger partial charge is 0.456 e. The summed E-state index contributed by atoms with van der Waals surface area (Å²) in [4.78, 5) is 1.38. The van der Waals surface area contributed by atoms with Crippen LogP contribution in [-0.2, 0) is 44.2 Å². The van der Waals surface area contributed by atoms with Gasteiger partial charge in [-0.05, 0) is 60.2 Å². The smallest absolute Gasteiger partial charge is 0.420 e. The van der Waals surface area contributed by atoms with E-state index >= 15 is 0 Å². The van der Waals surface area contributed by atoms with Gasteiger partial charge < -0.3 is 9.72 Å². The fourth-order valence-electron chi connectivity index (χ4n) is 3.94. The first kappa shape index (κ1) is 31.2. The highest BCUT2D eigenvalue weighted by Crippen LogP contribution is 2.47. The first-order valence-corrected chi connectivity index (χ1v) is 14.1. The molecule has 18 heteroatoms. The number of sulfone groups is 1. The molecule has 0 radical (unpaired) electrons. The van der Waals surface area contributed by atoms with Gasteiger partial charge in [0.05, 0.1) is 26.5 Å². The van der Waals surface area contributed by atoms with Crippen LogP contribution in [0, 0.1) is 0 Å². The van der Waals surface area contributed by atoms with Gasteiger partial charge in [0.25, 0.3) is 10.1 Å². The summed E-state index contributed by atoms with van der Waals surface area (Å²) in [5.41, 5.74) is -6.23. The zero-order valence-corrected chi connectivity index (χ0v) is 21.8. The number of alkyl halides is 9. The number of benzene rings is 3. The van der Waals surface area contributed by atoms with Crippen molar-refractivity contribution in [2.75, 3.05) is 0 Å². The van der Waals surface area contributed by atoms with Gasteiger partial charge in [-0.15, -0.1) is 0 Å². The molecular formula is C24H14F9NO6S2. The van der Waals surface area contributed by atoms with E-state index in [4.69, 9.17) is 9.29 Å². The van der Waals surface area contributed by atoms with E-state index in [0.29, 0.717) is 24.3 Å². The molecule has 0 aliphatic heterocycles. The van der Waals surface area contributed by atoms with E-state index < -0.39 is 87.8 Å². The molecule has 0 saturated carbocycles. The van der Waals surface area contributed by atoms with Crippen molar-refractivity contribution in [3.05, 3.63) is 83.0 Å². The molecular weight excluding hydrogens is 633 g/mol. The minimum Gasteiger partial charge on any atom is -0.456 e. The van der Waals surface area contributed by atoms with E-state index in [0.717, 1.165) is 24.4 Å². The zero-order chi connectivity index (χ0) is 31.5. The monoisotopic (exact) mass is 647 g/mol. The Balaban J connectivity index is 1.84. The van der Waals surface area contributed by atoms with Crippen LogP contribution in [0.15, 0.2) is 70.6 Å². The quantitative estimate of drug-likeness (QED) is 0.169. The van der Waals surface area contributed by atoms with Gasteiger partial charge in [-0.3, -0.25) is 4.55 Å². The van der Waals surface area contributed by atoms with Gasteiger partial charge in [-0.2, -0.15) is 47.9 Å². The molecule has 4 rings (SSSR count). The molecule has 2 N–H and O–H groups in total. The summed E-state index contributed by atoms with van der Waals surface area (Å²) >= 11 is 0. The van der Waals surface area contributed by atoms with Crippen LogP contribution in [0.4, 0.5) is 39.5 Å². The fourth-order valence-corrected chi connectivity index (χ4v) is 5.95. The topological polar surface area (TPSA) is 114 Å². The molecule has 0 unspecified atom stereocenters. The molecule has 0 aliphatic rings. The summed E-state index contributed by atoms with van der Waals surface area (Å²) in [5, 5.41) is -0.280.